The minimum Gasteiger partial charge on any atom is -0.493 e. The number of hydrogen-bond acceptors (Lipinski definition) is 2. The Morgan fingerprint density at radius 3 is 2.61 bits per heavy atom. The van der Waals surface area contributed by atoms with E-state index in [1.807, 2.05) is 7.05 Å². The molecule has 0 bridgehead atoms. The summed E-state index contributed by atoms with van der Waals surface area (Å²) in [6.45, 7) is 8.47. The summed E-state index contributed by atoms with van der Waals surface area (Å²) < 4.78 is 5.89. The predicted molar refractivity (Wildman–Crippen MR) is 78.5 cm³/mol. The van der Waals surface area contributed by atoms with Crippen LogP contribution in [-0.4, -0.2) is 20.2 Å². The third-order valence-electron chi connectivity index (χ3n) is 3.21. The normalized spacial score (nSPS) is 10.9. The fraction of sp³-hybridized carbons (Fsp3) is 0.625. The fourth-order valence-electron chi connectivity index (χ4n) is 1.89. The van der Waals surface area contributed by atoms with E-state index in [0.29, 0.717) is 5.92 Å². The summed E-state index contributed by atoms with van der Waals surface area (Å²) in [5.74, 6) is 1.61. The summed E-state index contributed by atoms with van der Waals surface area (Å²) in [4.78, 5) is 0. The van der Waals surface area contributed by atoms with Crippen LogP contribution in [0.15, 0.2) is 18.2 Å². The van der Waals surface area contributed by atoms with Crippen LogP contribution in [0, 0.1) is 6.92 Å². The number of nitrogens with one attached hydrogen (secondary N) is 1. The summed E-state index contributed by atoms with van der Waals surface area (Å²) in [6, 6.07) is 6.54. The molecule has 1 aromatic rings. The van der Waals surface area contributed by atoms with Gasteiger partial charge in [-0.15, -0.1) is 0 Å². The second-order valence-electron chi connectivity index (χ2n) is 5.19. The van der Waals surface area contributed by atoms with E-state index in [-0.39, 0.29) is 0 Å². The standard InChI is InChI=1S/C16H27NO/c1-13(2)15-9-8-14(3)16(12-15)18-11-7-5-6-10-17-4/h8-9,12-13,17H,5-7,10-11H2,1-4H3. The first kappa shape index (κ1) is 15.0. The first-order chi connectivity index (χ1) is 8.65. The smallest absolute Gasteiger partial charge is 0.122 e. The van der Waals surface area contributed by atoms with E-state index >= 15 is 0 Å². The third-order valence-corrected chi connectivity index (χ3v) is 3.21. The number of unbranched alkanes of at least 4 members (excludes halogenated alkanes) is 2. The quantitative estimate of drug-likeness (QED) is 0.706. The fourth-order valence-corrected chi connectivity index (χ4v) is 1.89. The summed E-state index contributed by atoms with van der Waals surface area (Å²) >= 11 is 0. The monoisotopic (exact) mass is 249 g/mol. The maximum Gasteiger partial charge on any atom is 0.122 e. The topological polar surface area (TPSA) is 21.3 Å². The molecule has 0 spiro atoms. The Bertz CT molecular complexity index is 347. The van der Waals surface area contributed by atoms with Crippen LogP contribution in [0.4, 0.5) is 0 Å². The Morgan fingerprint density at radius 2 is 1.94 bits per heavy atom. The van der Waals surface area contributed by atoms with Crippen LogP contribution in [0.3, 0.4) is 0 Å². The molecule has 1 aromatic carbocycles. The van der Waals surface area contributed by atoms with E-state index in [2.05, 4.69) is 44.3 Å². The van der Waals surface area contributed by atoms with Gasteiger partial charge in [-0.2, -0.15) is 0 Å². The maximum atomic E-state index is 5.89. The average Bonchev–Trinajstić information content (AvgIpc) is 2.35. The Labute approximate surface area is 112 Å². The lowest BCUT2D eigenvalue weighted by atomic mass is 10.0. The second kappa shape index (κ2) is 8.15. The van der Waals surface area contributed by atoms with Gasteiger partial charge in [-0.25, -0.2) is 0 Å². The molecule has 18 heavy (non-hydrogen) atoms. The SMILES string of the molecule is CNCCCCCOc1cc(C(C)C)ccc1C. The molecule has 102 valence electrons. The maximum absolute atomic E-state index is 5.89. The number of benzene rings is 1. The molecule has 1 rings (SSSR count). The molecule has 0 saturated heterocycles. The van der Waals surface area contributed by atoms with Gasteiger partial charge >= 0.3 is 0 Å². The molecule has 0 amide bonds. The van der Waals surface area contributed by atoms with E-state index in [4.69, 9.17) is 4.74 Å². The molecular weight excluding hydrogens is 222 g/mol. The van der Waals surface area contributed by atoms with Crippen molar-refractivity contribution in [3.63, 3.8) is 0 Å². The van der Waals surface area contributed by atoms with E-state index in [1.165, 1.54) is 24.0 Å². The molecule has 0 aromatic heterocycles. The van der Waals surface area contributed by atoms with Crippen LogP contribution in [0.1, 0.15) is 50.2 Å². The zero-order valence-electron chi connectivity index (χ0n) is 12.3. The number of ether oxygens (including phenoxy) is 1. The van der Waals surface area contributed by atoms with Crippen molar-refractivity contribution in [2.24, 2.45) is 0 Å². The highest BCUT2D eigenvalue weighted by Crippen LogP contribution is 2.24. The van der Waals surface area contributed by atoms with Gasteiger partial charge in [-0.05, 0) is 62.9 Å². The molecule has 0 aliphatic rings. The second-order valence-corrected chi connectivity index (χ2v) is 5.19. The molecule has 0 atom stereocenters. The number of rotatable bonds is 8. The number of hydrogen-bond donors (Lipinski definition) is 1. The Morgan fingerprint density at radius 1 is 1.17 bits per heavy atom. The van der Waals surface area contributed by atoms with Crippen molar-refractivity contribution < 1.29 is 4.74 Å². The lowest BCUT2D eigenvalue weighted by Gasteiger charge is -2.12. The van der Waals surface area contributed by atoms with E-state index in [1.54, 1.807) is 0 Å². The lowest BCUT2D eigenvalue weighted by molar-refractivity contribution is 0.303. The van der Waals surface area contributed by atoms with Gasteiger partial charge in [0.05, 0.1) is 6.61 Å². The molecule has 0 aliphatic carbocycles. The van der Waals surface area contributed by atoms with Gasteiger partial charge in [0.25, 0.3) is 0 Å². The van der Waals surface area contributed by atoms with Crippen molar-refractivity contribution in [3.05, 3.63) is 29.3 Å². The van der Waals surface area contributed by atoms with Crippen LogP contribution in [0.2, 0.25) is 0 Å². The zero-order chi connectivity index (χ0) is 13.4. The highest BCUT2D eigenvalue weighted by Gasteiger charge is 2.04. The molecule has 1 N–H and O–H groups in total. The van der Waals surface area contributed by atoms with E-state index in [0.717, 1.165) is 25.3 Å². The van der Waals surface area contributed by atoms with Crippen LogP contribution < -0.4 is 10.1 Å². The van der Waals surface area contributed by atoms with E-state index in [9.17, 15) is 0 Å². The first-order valence-electron chi connectivity index (χ1n) is 7.03. The highest BCUT2D eigenvalue weighted by molar-refractivity contribution is 5.37. The van der Waals surface area contributed by atoms with Crippen molar-refractivity contribution in [3.8, 4) is 5.75 Å². The van der Waals surface area contributed by atoms with Crippen LogP contribution >= 0.6 is 0 Å². The third kappa shape index (κ3) is 5.09. The Hall–Kier alpha value is -1.02. The van der Waals surface area contributed by atoms with Crippen molar-refractivity contribution in [1.82, 2.24) is 5.32 Å². The van der Waals surface area contributed by atoms with Gasteiger partial charge in [-0.1, -0.05) is 26.0 Å². The van der Waals surface area contributed by atoms with Crippen molar-refractivity contribution >= 4 is 0 Å². The Balaban J connectivity index is 2.39. The highest BCUT2D eigenvalue weighted by atomic mass is 16.5. The minimum absolute atomic E-state index is 0.559. The molecule has 0 aliphatic heterocycles. The molecule has 2 nitrogen and oxygen atoms in total. The van der Waals surface area contributed by atoms with Gasteiger partial charge in [0.15, 0.2) is 0 Å². The minimum atomic E-state index is 0.559. The van der Waals surface area contributed by atoms with Gasteiger partial charge in [0.1, 0.15) is 5.75 Å². The van der Waals surface area contributed by atoms with Crippen LogP contribution in [0.5, 0.6) is 5.75 Å². The predicted octanol–water partition coefficient (Wildman–Crippen LogP) is 3.89. The summed E-state index contributed by atoms with van der Waals surface area (Å²) in [7, 11) is 2.00. The van der Waals surface area contributed by atoms with Crippen LogP contribution in [-0.2, 0) is 0 Å². The molecule has 0 heterocycles. The van der Waals surface area contributed by atoms with Gasteiger partial charge in [0.2, 0.25) is 0 Å². The number of aryl methyl sites for hydroxylation is 1. The van der Waals surface area contributed by atoms with Gasteiger partial charge in [0, 0.05) is 0 Å². The van der Waals surface area contributed by atoms with E-state index < -0.39 is 0 Å². The van der Waals surface area contributed by atoms with Crippen molar-refractivity contribution in [2.45, 2.75) is 46.0 Å². The van der Waals surface area contributed by atoms with Gasteiger partial charge < -0.3 is 10.1 Å². The molecule has 0 saturated carbocycles. The molecule has 2 heteroatoms. The summed E-state index contributed by atoms with van der Waals surface area (Å²) in [5.41, 5.74) is 2.58. The molecule has 0 unspecified atom stereocenters. The van der Waals surface area contributed by atoms with Crippen LogP contribution in [0.25, 0.3) is 0 Å². The summed E-state index contributed by atoms with van der Waals surface area (Å²) in [6.07, 6.45) is 3.58. The first-order valence-corrected chi connectivity index (χ1v) is 7.03. The zero-order valence-corrected chi connectivity index (χ0v) is 12.3. The largest absolute Gasteiger partial charge is 0.493 e. The average molecular weight is 249 g/mol. The van der Waals surface area contributed by atoms with Gasteiger partial charge in [-0.3, -0.25) is 0 Å². The molecular formula is C16H27NO. The Kier molecular flexibility index (Phi) is 6.81. The summed E-state index contributed by atoms with van der Waals surface area (Å²) in [5, 5.41) is 3.16. The molecule has 0 fully saturated rings. The van der Waals surface area contributed by atoms with Crippen molar-refractivity contribution in [1.29, 1.82) is 0 Å². The lowest BCUT2D eigenvalue weighted by Crippen LogP contribution is -2.08. The van der Waals surface area contributed by atoms with Crippen molar-refractivity contribution in [2.75, 3.05) is 20.2 Å². The molecule has 0 radical (unpaired) electrons.